The van der Waals surface area contributed by atoms with E-state index in [1.807, 2.05) is 44.4 Å². The Morgan fingerprint density at radius 3 is 2.52 bits per heavy atom. The lowest BCUT2D eigenvalue weighted by Gasteiger charge is -2.52. The number of hydrogen-bond acceptors (Lipinski definition) is 8. The minimum Gasteiger partial charge on any atom is -0.487 e. The molecule has 0 aromatic heterocycles. The molecular weight excluding hydrogens is 696 g/mol. The van der Waals surface area contributed by atoms with Crippen molar-refractivity contribution in [3.63, 3.8) is 0 Å². The molecule has 3 aliphatic heterocycles. The van der Waals surface area contributed by atoms with Crippen LogP contribution in [-0.2, 0) is 27.8 Å². The summed E-state index contributed by atoms with van der Waals surface area (Å²) in [6.07, 6.45) is 12.4. The summed E-state index contributed by atoms with van der Waals surface area (Å²) in [5.74, 6) is 0.508. The highest BCUT2D eigenvalue weighted by Gasteiger charge is 2.48. The van der Waals surface area contributed by atoms with Crippen molar-refractivity contribution < 1.29 is 22.7 Å². The molecule has 2 aromatic rings. The Morgan fingerprint density at radius 1 is 1.00 bits per heavy atom. The van der Waals surface area contributed by atoms with Gasteiger partial charge in [-0.15, -0.1) is 0 Å². The summed E-state index contributed by atoms with van der Waals surface area (Å²) in [5.41, 5.74) is 2.91. The molecule has 0 radical (unpaired) electrons. The van der Waals surface area contributed by atoms with Gasteiger partial charge in [0.05, 0.1) is 10.9 Å². The molecule has 2 bridgehead atoms. The average Bonchev–Trinajstić information content (AvgIpc) is 3.15. The van der Waals surface area contributed by atoms with Gasteiger partial charge >= 0.3 is 0 Å². The number of nitrogens with one attached hydrogen (secondary N) is 1. The van der Waals surface area contributed by atoms with Gasteiger partial charge in [0, 0.05) is 63.5 Å². The number of fused-ring (bicyclic) bond motifs is 3. The van der Waals surface area contributed by atoms with Crippen molar-refractivity contribution in [2.45, 2.75) is 89.6 Å². The van der Waals surface area contributed by atoms with E-state index in [0.717, 1.165) is 101 Å². The molecule has 11 heteroatoms. The van der Waals surface area contributed by atoms with Crippen molar-refractivity contribution in [3.8, 4) is 5.75 Å². The molecule has 2 fully saturated rings. The monoisotopic (exact) mass is 754 g/mol. The van der Waals surface area contributed by atoms with Crippen LogP contribution < -0.4 is 14.4 Å². The number of methoxy groups -OCH3 is 1. The number of allylic oxidation sites excluding steroid dienone is 1. The first-order valence-corrected chi connectivity index (χ1v) is 21.5. The number of amides is 1. The van der Waals surface area contributed by atoms with Crippen LogP contribution >= 0.6 is 11.6 Å². The molecule has 1 saturated heterocycles. The van der Waals surface area contributed by atoms with Crippen molar-refractivity contribution in [3.05, 3.63) is 70.3 Å². The number of anilines is 1. The molecule has 9 nitrogen and oxygen atoms in total. The van der Waals surface area contributed by atoms with Gasteiger partial charge in [-0.1, -0.05) is 50.1 Å². The molecule has 1 N–H and O–H groups in total. The highest BCUT2D eigenvalue weighted by atomic mass is 35.5. The van der Waals surface area contributed by atoms with E-state index >= 15 is 0 Å². The minimum atomic E-state index is -3.95. The molecule has 0 spiro atoms. The normalized spacial score (nSPS) is 29.7. The van der Waals surface area contributed by atoms with Crippen LogP contribution in [-0.4, -0.2) is 94.4 Å². The van der Waals surface area contributed by atoms with E-state index in [-0.39, 0.29) is 11.8 Å². The smallest absolute Gasteiger partial charge is 0.264 e. The molecule has 286 valence electrons. The van der Waals surface area contributed by atoms with E-state index in [4.69, 9.17) is 21.1 Å². The van der Waals surface area contributed by atoms with E-state index in [2.05, 4.69) is 38.5 Å². The second-order valence-corrected chi connectivity index (χ2v) is 18.1. The quantitative estimate of drug-likeness (QED) is 0.318. The minimum absolute atomic E-state index is 0.211. The summed E-state index contributed by atoms with van der Waals surface area (Å²) in [6, 6.07) is 11.3. The third-order valence-electron chi connectivity index (χ3n) is 12.3. The summed E-state index contributed by atoms with van der Waals surface area (Å²) >= 11 is 6.41. The van der Waals surface area contributed by atoms with E-state index in [1.165, 1.54) is 18.4 Å². The van der Waals surface area contributed by atoms with Gasteiger partial charge in [0.25, 0.3) is 5.91 Å². The summed E-state index contributed by atoms with van der Waals surface area (Å²) in [6.45, 7) is 14.0. The lowest BCUT2D eigenvalue weighted by molar-refractivity contribution is -0.0954. The predicted octanol–water partition coefficient (Wildman–Crippen LogP) is 6.93. The first-order valence-electron chi connectivity index (χ1n) is 19.5. The number of rotatable bonds is 6. The Labute approximate surface area is 317 Å². The first-order chi connectivity index (χ1) is 25.0. The second kappa shape index (κ2) is 17.2. The van der Waals surface area contributed by atoms with Crippen LogP contribution in [0.2, 0.25) is 5.02 Å². The lowest BCUT2D eigenvalue weighted by Crippen LogP contribution is -2.58. The third-order valence-corrected chi connectivity index (χ3v) is 14.5. The summed E-state index contributed by atoms with van der Waals surface area (Å²) in [5, 5.41) is -0.0497. The van der Waals surface area contributed by atoms with E-state index < -0.39 is 26.8 Å². The Bertz CT molecular complexity index is 1680. The summed E-state index contributed by atoms with van der Waals surface area (Å²) in [4.78, 5) is 21.1. The maximum Gasteiger partial charge on any atom is 0.264 e. The SMILES string of the molecule is CCCCN1CCN(C[C@]2(OC)/C=C/C[C@H](C)[C@@H](C)S(=O)(=O)NC(=O)c3ccc4c(c3)N(CCCCc3cc(Cl)ccc3CO4)C[C@@H]3CC[C@H]32)CC1. The van der Waals surface area contributed by atoms with Crippen LogP contribution in [0.1, 0.15) is 87.2 Å². The average molecular weight is 755 g/mol. The van der Waals surface area contributed by atoms with Crippen LogP contribution in [0.4, 0.5) is 5.69 Å². The number of nitrogens with zero attached hydrogens (tertiary/aromatic N) is 3. The molecule has 1 amide bonds. The Hall–Kier alpha value is -2.63. The predicted molar refractivity (Wildman–Crippen MR) is 210 cm³/mol. The van der Waals surface area contributed by atoms with Crippen molar-refractivity contribution in [2.75, 3.05) is 64.4 Å². The van der Waals surface area contributed by atoms with Gasteiger partial charge in [0.15, 0.2) is 0 Å². The number of benzene rings is 2. The number of sulfonamides is 1. The zero-order valence-electron chi connectivity index (χ0n) is 31.6. The fraction of sp³-hybridized carbons (Fsp3) is 0.634. The van der Waals surface area contributed by atoms with Gasteiger partial charge < -0.3 is 19.3 Å². The zero-order valence-corrected chi connectivity index (χ0v) is 33.2. The molecule has 2 aromatic carbocycles. The molecule has 5 atom stereocenters. The lowest BCUT2D eigenvalue weighted by atomic mass is 9.63. The van der Waals surface area contributed by atoms with Crippen LogP contribution in [0, 0.1) is 17.8 Å². The van der Waals surface area contributed by atoms with Crippen molar-refractivity contribution in [1.29, 1.82) is 0 Å². The molecule has 0 unspecified atom stereocenters. The Balaban J connectivity index is 1.35. The number of hydrogen-bond donors (Lipinski definition) is 1. The number of piperazine rings is 1. The van der Waals surface area contributed by atoms with Gasteiger partial charge in [-0.2, -0.15) is 0 Å². The molecule has 6 rings (SSSR count). The highest BCUT2D eigenvalue weighted by Crippen LogP contribution is 2.47. The van der Waals surface area contributed by atoms with Crippen molar-refractivity contribution >= 4 is 33.2 Å². The largest absolute Gasteiger partial charge is 0.487 e. The molecule has 3 heterocycles. The standard InChI is InChI=1S/C41H59ClN4O5S/c1-5-6-19-44-21-23-45(24-22-44)29-41(50-4)18-9-10-30(2)31(3)52(48,49)43-40(47)33-14-17-39-38(26-33)46(27-34-13-16-37(34)41)20-8-7-11-32-25-36(42)15-12-35(32)28-51-39/h9,12,14-15,17-18,25-26,30-31,34,37H,5-8,10-11,13,16,19-24,27-29H2,1-4H3,(H,43,47)/b18-9+/t30-,31+,34-,37+,41+/m0/s1. The van der Waals surface area contributed by atoms with Crippen LogP contribution in [0.3, 0.4) is 0 Å². The van der Waals surface area contributed by atoms with Gasteiger partial charge in [0.1, 0.15) is 18.0 Å². The third kappa shape index (κ3) is 9.00. The second-order valence-electron chi connectivity index (χ2n) is 15.7. The number of unbranched alkanes of at least 4 members (excludes halogenated alkanes) is 1. The number of aryl methyl sites for hydroxylation is 1. The van der Waals surface area contributed by atoms with Crippen LogP contribution in [0.25, 0.3) is 0 Å². The first kappa shape index (κ1) is 39.1. The fourth-order valence-corrected chi connectivity index (χ4v) is 10.0. The van der Waals surface area contributed by atoms with Crippen molar-refractivity contribution in [2.24, 2.45) is 17.8 Å². The summed E-state index contributed by atoms with van der Waals surface area (Å²) in [7, 11) is -2.09. The number of halogens is 1. The summed E-state index contributed by atoms with van der Waals surface area (Å²) < 4.78 is 42.8. The maximum atomic E-state index is 13.6. The van der Waals surface area contributed by atoms with Gasteiger partial charge in [-0.3, -0.25) is 9.69 Å². The van der Waals surface area contributed by atoms with Gasteiger partial charge in [-0.05, 0) is 118 Å². The van der Waals surface area contributed by atoms with E-state index in [0.29, 0.717) is 30.3 Å². The van der Waals surface area contributed by atoms with Crippen LogP contribution in [0.15, 0.2) is 48.6 Å². The maximum absolute atomic E-state index is 13.6. The van der Waals surface area contributed by atoms with E-state index in [9.17, 15) is 13.2 Å². The number of carbonyl (C=O) groups excluding carboxylic acids is 1. The molecular formula is C41H59ClN4O5S. The van der Waals surface area contributed by atoms with Crippen molar-refractivity contribution in [1.82, 2.24) is 14.5 Å². The topological polar surface area (TPSA) is 91.4 Å². The highest BCUT2D eigenvalue weighted by molar-refractivity contribution is 7.90. The molecule has 52 heavy (non-hydrogen) atoms. The number of carbonyl (C=O) groups is 1. The molecule has 1 aliphatic carbocycles. The van der Waals surface area contributed by atoms with E-state index in [1.54, 1.807) is 13.0 Å². The fourth-order valence-electron chi connectivity index (χ4n) is 8.53. The zero-order chi connectivity index (χ0) is 36.9. The Morgan fingerprint density at radius 2 is 1.79 bits per heavy atom. The number of ether oxygens (including phenoxy) is 2. The molecule has 1 saturated carbocycles. The molecule has 4 aliphatic rings. The van der Waals surface area contributed by atoms with Gasteiger partial charge in [-0.25, -0.2) is 13.1 Å². The van der Waals surface area contributed by atoms with Gasteiger partial charge in [0.2, 0.25) is 10.0 Å². The van der Waals surface area contributed by atoms with Crippen LogP contribution in [0.5, 0.6) is 5.75 Å². The Kier molecular flexibility index (Phi) is 12.9.